The van der Waals surface area contributed by atoms with Crippen LogP contribution in [0.2, 0.25) is 0 Å². The normalized spacial score (nSPS) is 18.1. The summed E-state index contributed by atoms with van der Waals surface area (Å²) < 4.78 is 6.35. The van der Waals surface area contributed by atoms with E-state index in [1.807, 2.05) is 0 Å². The second kappa shape index (κ2) is 6.48. The molecule has 0 saturated heterocycles. The van der Waals surface area contributed by atoms with E-state index >= 15 is 0 Å². The molecule has 1 aliphatic rings. The minimum atomic E-state index is 0.288. The Morgan fingerprint density at radius 2 is 2.10 bits per heavy atom. The van der Waals surface area contributed by atoms with Gasteiger partial charge in [-0.05, 0) is 64.2 Å². The summed E-state index contributed by atoms with van der Waals surface area (Å²) in [4.78, 5) is 0. The zero-order chi connectivity index (χ0) is 14.8. The third-order valence-electron chi connectivity index (χ3n) is 4.59. The average Bonchev–Trinajstić information content (AvgIpc) is 3.20. The van der Waals surface area contributed by atoms with Crippen molar-refractivity contribution in [1.29, 1.82) is 0 Å². The minimum Gasteiger partial charge on any atom is -0.496 e. The molecule has 0 aromatic heterocycles. The molecular formula is C17H26BrNO. The van der Waals surface area contributed by atoms with Crippen LogP contribution >= 0.6 is 15.9 Å². The maximum atomic E-state index is 5.31. The van der Waals surface area contributed by atoms with E-state index in [0.29, 0.717) is 5.92 Å². The lowest BCUT2D eigenvalue weighted by Crippen LogP contribution is -2.38. The van der Waals surface area contributed by atoms with Crippen molar-refractivity contribution in [3.63, 3.8) is 0 Å². The van der Waals surface area contributed by atoms with Gasteiger partial charge < -0.3 is 10.1 Å². The van der Waals surface area contributed by atoms with Gasteiger partial charge >= 0.3 is 0 Å². The summed E-state index contributed by atoms with van der Waals surface area (Å²) in [5.41, 5.74) is 1.66. The second-order valence-corrected chi connectivity index (χ2v) is 7.46. The predicted octanol–water partition coefficient (Wildman–Crippen LogP) is 4.41. The SMILES string of the molecule is COc1ccc(CC(C)(CNC2CC2)C(C)C)cc1Br. The first-order valence-corrected chi connectivity index (χ1v) is 8.30. The standard InChI is InChI=1S/C17H26BrNO/c1-12(2)17(3,11-19-14-6-7-14)10-13-5-8-16(20-4)15(18)9-13/h5,8-9,12,14,19H,6-7,10-11H2,1-4H3. The summed E-state index contributed by atoms with van der Waals surface area (Å²) in [5.74, 6) is 1.55. The van der Waals surface area contributed by atoms with Crippen LogP contribution in [0.3, 0.4) is 0 Å². The smallest absolute Gasteiger partial charge is 0.133 e. The van der Waals surface area contributed by atoms with Crippen molar-refractivity contribution >= 4 is 15.9 Å². The fraction of sp³-hybridized carbons (Fsp3) is 0.647. The Hall–Kier alpha value is -0.540. The third-order valence-corrected chi connectivity index (χ3v) is 5.21. The van der Waals surface area contributed by atoms with Crippen LogP contribution in [0.25, 0.3) is 0 Å². The first kappa shape index (κ1) is 15.8. The molecule has 3 heteroatoms. The average molecular weight is 340 g/mol. The Balaban J connectivity index is 2.07. The van der Waals surface area contributed by atoms with Crippen molar-refractivity contribution in [2.45, 2.75) is 46.1 Å². The van der Waals surface area contributed by atoms with Gasteiger partial charge in [0.25, 0.3) is 0 Å². The molecule has 1 aromatic rings. The Morgan fingerprint density at radius 1 is 1.40 bits per heavy atom. The van der Waals surface area contributed by atoms with Crippen LogP contribution in [0, 0.1) is 11.3 Å². The molecule has 1 aromatic carbocycles. The van der Waals surface area contributed by atoms with E-state index in [0.717, 1.165) is 29.2 Å². The quantitative estimate of drug-likeness (QED) is 0.794. The van der Waals surface area contributed by atoms with Gasteiger partial charge in [0.2, 0.25) is 0 Å². The Kier molecular flexibility index (Phi) is 5.14. The largest absolute Gasteiger partial charge is 0.496 e. The Bertz CT molecular complexity index is 456. The lowest BCUT2D eigenvalue weighted by Gasteiger charge is -2.34. The highest BCUT2D eigenvalue weighted by atomic mass is 79.9. The summed E-state index contributed by atoms with van der Waals surface area (Å²) in [7, 11) is 1.71. The fourth-order valence-corrected chi connectivity index (χ4v) is 3.01. The van der Waals surface area contributed by atoms with Crippen LogP contribution < -0.4 is 10.1 Å². The molecule has 1 unspecified atom stereocenters. The van der Waals surface area contributed by atoms with Crippen LogP contribution in [0.1, 0.15) is 39.2 Å². The summed E-state index contributed by atoms with van der Waals surface area (Å²) >= 11 is 3.58. The highest BCUT2D eigenvalue weighted by Gasteiger charge is 2.31. The first-order chi connectivity index (χ1) is 9.44. The third kappa shape index (κ3) is 3.98. The van der Waals surface area contributed by atoms with Crippen LogP contribution in [0.15, 0.2) is 22.7 Å². The number of benzene rings is 1. The lowest BCUT2D eigenvalue weighted by atomic mass is 9.74. The molecular weight excluding hydrogens is 314 g/mol. The van der Waals surface area contributed by atoms with Crippen LogP contribution in [-0.2, 0) is 6.42 Å². The number of rotatable bonds is 7. The summed E-state index contributed by atoms with van der Waals surface area (Å²) in [6.07, 6.45) is 3.79. The Labute approximate surface area is 131 Å². The van der Waals surface area contributed by atoms with E-state index in [-0.39, 0.29) is 5.41 Å². The second-order valence-electron chi connectivity index (χ2n) is 6.61. The molecule has 1 fully saturated rings. The van der Waals surface area contributed by atoms with Crippen molar-refractivity contribution < 1.29 is 4.74 Å². The van der Waals surface area contributed by atoms with Gasteiger partial charge in [0, 0.05) is 12.6 Å². The molecule has 0 bridgehead atoms. The molecule has 1 N–H and O–H groups in total. The van der Waals surface area contributed by atoms with Crippen LogP contribution in [0.4, 0.5) is 0 Å². The summed E-state index contributed by atoms with van der Waals surface area (Å²) in [5, 5.41) is 3.70. The van der Waals surface area contributed by atoms with Crippen molar-refractivity contribution in [3.05, 3.63) is 28.2 Å². The zero-order valence-corrected chi connectivity index (χ0v) is 14.6. The highest BCUT2D eigenvalue weighted by Crippen LogP contribution is 2.34. The monoisotopic (exact) mass is 339 g/mol. The molecule has 0 heterocycles. The number of methoxy groups -OCH3 is 1. The molecule has 1 saturated carbocycles. The molecule has 0 spiro atoms. The van der Waals surface area contributed by atoms with Gasteiger partial charge in [0.05, 0.1) is 11.6 Å². The molecule has 20 heavy (non-hydrogen) atoms. The van der Waals surface area contributed by atoms with Crippen molar-refractivity contribution in [2.75, 3.05) is 13.7 Å². The van der Waals surface area contributed by atoms with E-state index < -0.39 is 0 Å². The van der Waals surface area contributed by atoms with Gasteiger partial charge in [0.1, 0.15) is 5.75 Å². The zero-order valence-electron chi connectivity index (χ0n) is 13.0. The van der Waals surface area contributed by atoms with E-state index in [4.69, 9.17) is 4.74 Å². The lowest BCUT2D eigenvalue weighted by molar-refractivity contribution is 0.206. The van der Waals surface area contributed by atoms with Gasteiger partial charge in [-0.1, -0.05) is 26.8 Å². The van der Waals surface area contributed by atoms with E-state index in [1.165, 1.54) is 18.4 Å². The topological polar surface area (TPSA) is 21.3 Å². The molecule has 0 radical (unpaired) electrons. The van der Waals surface area contributed by atoms with E-state index in [2.05, 4.69) is 60.2 Å². The maximum absolute atomic E-state index is 5.31. The molecule has 0 amide bonds. The molecule has 2 nitrogen and oxygen atoms in total. The van der Waals surface area contributed by atoms with Gasteiger partial charge in [-0.2, -0.15) is 0 Å². The molecule has 0 aliphatic heterocycles. The number of hydrogen-bond acceptors (Lipinski definition) is 2. The summed E-state index contributed by atoms with van der Waals surface area (Å²) in [6, 6.07) is 7.20. The first-order valence-electron chi connectivity index (χ1n) is 7.50. The van der Waals surface area contributed by atoms with Crippen LogP contribution in [-0.4, -0.2) is 19.7 Å². The number of hydrogen-bond donors (Lipinski definition) is 1. The van der Waals surface area contributed by atoms with Gasteiger partial charge in [0.15, 0.2) is 0 Å². The predicted molar refractivity (Wildman–Crippen MR) is 88.4 cm³/mol. The number of nitrogens with one attached hydrogen (secondary N) is 1. The number of ether oxygens (including phenoxy) is 1. The molecule has 1 aliphatic carbocycles. The minimum absolute atomic E-state index is 0.288. The van der Waals surface area contributed by atoms with E-state index in [1.54, 1.807) is 7.11 Å². The van der Waals surface area contributed by atoms with Gasteiger partial charge in [-0.25, -0.2) is 0 Å². The van der Waals surface area contributed by atoms with Crippen LogP contribution in [0.5, 0.6) is 5.75 Å². The Morgan fingerprint density at radius 3 is 2.60 bits per heavy atom. The summed E-state index contributed by atoms with van der Waals surface area (Å²) in [6.45, 7) is 8.14. The van der Waals surface area contributed by atoms with E-state index in [9.17, 15) is 0 Å². The van der Waals surface area contributed by atoms with Crippen molar-refractivity contribution in [2.24, 2.45) is 11.3 Å². The number of halogens is 1. The maximum Gasteiger partial charge on any atom is 0.133 e. The fourth-order valence-electron chi connectivity index (χ4n) is 2.42. The molecule has 2 rings (SSSR count). The molecule has 1 atom stereocenters. The molecule has 112 valence electrons. The van der Waals surface area contributed by atoms with Crippen molar-refractivity contribution in [3.8, 4) is 5.75 Å². The van der Waals surface area contributed by atoms with Gasteiger partial charge in [-0.3, -0.25) is 0 Å². The van der Waals surface area contributed by atoms with Gasteiger partial charge in [-0.15, -0.1) is 0 Å². The van der Waals surface area contributed by atoms with Crippen molar-refractivity contribution in [1.82, 2.24) is 5.32 Å². The highest BCUT2D eigenvalue weighted by molar-refractivity contribution is 9.10.